The summed E-state index contributed by atoms with van der Waals surface area (Å²) < 4.78 is 38.8. The quantitative estimate of drug-likeness (QED) is 0.0554. The number of nitrogens with zero attached hydrogens (tertiary/aromatic N) is 3. The van der Waals surface area contributed by atoms with E-state index in [1.54, 1.807) is 13.8 Å². The zero-order valence-electron chi connectivity index (χ0n) is 38.4. The van der Waals surface area contributed by atoms with Gasteiger partial charge in [0, 0.05) is 60.7 Å². The van der Waals surface area contributed by atoms with Gasteiger partial charge in [0.25, 0.3) is 17.4 Å². The Balaban J connectivity index is 0.942. The summed E-state index contributed by atoms with van der Waals surface area (Å²) in [4.78, 5) is 107. The van der Waals surface area contributed by atoms with Gasteiger partial charge in [-0.25, -0.2) is 23.8 Å². The summed E-state index contributed by atoms with van der Waals surface area (Å²) in [5.41, 5.74) is 0.747. The number of anilines is 1. The average Bonchev–Trinajstić information content (AvgIpc) is 3.88. The minimum Gasteiger partial charge on any atom is -0.479 e. The number of aryl methyl sites for hydroxylation is 1. The fraction of sp³-hybridized carbons (Fsp3) is 0.396. The Labute approximate surface area is 406 Å². The van der Waals surface area contributed by atoms with Gasteiger partial charge in [0.15, 0.2) is 11.7 Å². The number of fused-ring (bicyclic) bond motifs is 5. The molecule has 6 heterocycles. The molecule has 24 heteroatoms. The lowest BCUT2D eigenvalue weighted by Gasteiger charge is -2.38. The smallest absolute Gasteiger partial charge is 0.407 e. The van der Waals surface area contributed by atoms with Crippen molar-refractivity contribution in [2.45, 2.75) is 108 Å². The van der Waals surface area contributed by atoms with Crippen LogP contribution >= 0.6 is 0 Å². The van der Waals surface area contributed by atoms with E-state index in [1.165, 1.54) is 34.9 Å². The highest BCUT2D eigenvalue weighted by Gasteiger charge is 2.49. The van der Waals surface area contributed by atoms with Crippen molar-refractivity contribution in [3.63, 3.8) is 0 Å². The summed E-state index contributed by atoms with van der Waals surface area (Å²) in [6.45, 7) is 2.05. The van der Waals surface area contributed by atoms with Crippen molar-refractivity contribution in [1.82, 2.24) is 25.1 Å². The lowest BCUT2D eigenvalue weighted by Crippen LogP contribution is -2.61. The molecule has 378 valence electrons. The molecule has 0 bridgehead atoms. The number of pyridine rings is 2. The third kappa shape index (κ3) is 8.80. The molecule has 0 spiro atoms. The number of hydrogen-bond donors (Lipinski definition) is 8. The predicted octanol–water partition coefficient (Wildman–Crippen LogP) is 0.472. The highest BCUT2D eigenvalue weighted by Crippen LogP contribution is 2.46. The first-order valence-electron chi connectivity index (χ1n) is 22.9. The number of amides is 5. The van der Waals surface area contributed by atoms with E-state index in [2.05, 4.69) is 16.0 Å². The van der Waals surface area contributed by atoms with Gasteiger partial charge in [-0.05, 0) is 66.6 Å². The number of carboxylic acids is 1. The molecule has 1 fully saturated rings. The molecule has 72 heavy (non-hydrogen) atoms. The second-order valence-corrected chi connectivity index (χ2v) is 17.9. The summed E-state index contributed by atoms with van der Waals surface area (Å²) in [6.07, 6.45) is -8.69. The Morgan fingerprint density at radius 2 is 1.71 bits per heavy atom. The second kappa shape index (κ2) is 19.2. The van der Waals surface area contributed by atoms with Gasteiger partial charge >= 0.3 is 18.0 Å². The summed E-state index contributed by atoms with van der Waals surface area (Å²) >= 11 is 0. The van der Waals surface area contributed by atoms with E-state index in [0.717, 1.165) is 17.1 Å². The number of alkyl carbamates (subject to hydrolysis) is 1. The Hall–Kier alpha value is -7.64. The lowest BCUT2D eigenvalue weighted by atomic mass is 9.81. The molecular weight excluding hydrogens is 952 g/mol. The average molecular weight is 999 g/mol. The number of esters is 1. The van der Waals surface area contributed by atoms with Crippen LogP contribution in [0.2, 0.25) is 0 Å². The van der Waals surface area contributed by atoms with Gasteiger partial charge in [0.05, 0.1) is 40.7 Å². The van der Waals surface area contributed by atoms with Crippen LogP contribution in [0.25, 0.3) is 22.3 Å². The number of hydrogen-bond acceptors (Lipinski definition) is 17. The standard InChI is InChI=1S/C48H47FN6O17/c1-3-48(68)25-15-30-38-23(17-55(30)43(63)24(25)19-69-46(48)66)37-27(6-5-22-20(2)26(49)16-29(52-38)36(22)37)53-47(67)70-18-21-4-7-31(71-45-41(62)39(60)40(61)42(72-45)44(64)65)28(14-21)51-33(57)10-12-50-32(56)11-13-54-34(58)8-9-35(54)59/h4,7-9,14-16,27,39-42,45,60-62,68H,3,5-6,10-13,17-19H2,1-2H3,(H,50,56)(H,51,57)(H,53,67)(H,64,65)/t27-,39?,40-,41-,42?,45+,48-/m0/s1. The van der Waals surface area contributed by atoms with E-state index in [4.69, 9.17) is 23.9 Å². The Morgan fingerprint density at radius 3 is 2.43 bits per heavy atom. The number of aromatic nitrogens is 2. The number of carbonyl (C=O) groups excluding carboxylic acids is 6. The van der Waals surface area contributed by atoms with E-state index >= 15 is 4.39 Å². The topological polar surface area (TPSA) is 332 Å². The number of benzene rings is 2. The fourth-order valence-electron chi connectivity index (χ4n) is 9.66. The first-order chi connectivity index (χ1) is 34.3. The molecule has 1 saturated heterocycles. The molecule has 2 aromatic carbocycles. The monoisotopic (exact) mass is 998 g/mol. The number of ether oxygens (including phenoxy) is 4. The zero-order valence-corrected chi connectivity index (χ0v) is 38.4. The molecule has 9 rings (SSSR count). The normalized spacial score (nSPS) is 23.8. The number of rotatable bonds is 14. The molecule has 0 saturated carbocycles. The number of nitrogens with one attached hydrogen (secondary N) is 3. The van der Waals surface area contributed by atoms with Crippen LogP contribution in [0.15, 0.2) is 47.3 Å². The molecule has 23 nitrogen and oxygen atoms in total. The van der Waals surface area contributed by atoms with Gasteiger partial charge in [-0.3, -0.25) is 28.9 Å². The van der Waals surface area contributed by atoms with Crippen LogP contribution in [0.4, 0.5) is 14.9 Å². The van der Waals surface area contributed by atoms with Crippen molar-refractivity contribution in [3.05, 3.63) is 97.6 Å². The number of carboxylic acid groups (broad SMARTS) is 1. The van der Waals surface area contributed by atoms with Crippen LogP contribution in [0, 0.1) is 12.7 Å². The number of aliphatic hydroxyl groups excluding tert-OH is 3. The Morgan fingerprint density at radius 1 is 0.958 bits per heavy atom. The van der Waals surface area contributed by atoms with Gasteiger partial charge in [0.1, 0.15) is 43.1 Å². The van der Waals surface area contributed by atoms with Gasteiger partial charge in [-0.2, -0.15) is 0 Å². The highest BCUT2D eigenvalue weighted by molar-refractivity contribution is 6.13. The van der Waals surface area contributed by atoms with Crippen LogP contribution in [0.1, 0.15) is 77.6 Å². The highest BCUT2D eigenvalue weighted by atomic mass is 19.1. The van der Waals surface area contributed by atoms with Crippen molar-refractivity contribution in [3.8, 4) is 17.1 Å². The second-order valence-electron chi connectivity index (χ2n) is 17.9. The van der Waals surface area contributed by atoms with Crippen molar-refractivity contribution < 1.29 is 82.4 Å². The minimum absolute atomic E-state index is 0.00759. The third-order valence-corrected chi connectivity index (χ3v) is 13.6. The lowest BCUT2D eigenvalue weighted by molar-refractivity contribution is -0.271. The zero-order chi connectivity index (χ0) is 51.5. The van der Waals surface area contributed by atoms with Crippen molar-refractivity contribution in [2.24, 2.45) is 0 Å². The van der Waals surface area contributed by atoms with Gasteiger partial charge in [0.2, 0.25) is 18.1 Å². The number of aliphatic carboxylic acids is 1. The molecule has 2 unspecified atom stereocenters. The maximum atomic E-state index is 15.5. The Bertz CT molecular complexity index is 3090. The molecule has 5 amide bonds. The third-order valence-electron chi connectivity index (χ3n) is 13.6. The van der Waals surface area contributed by atoms with Crippen LogP contribution in [-0.2, 0) is 74.8 Å². The number of halogens is 1. The number of aliphatic hydroxyl groups is 4. The molecule has 8 N–H and O–H groups in total. The van der Waals surface area contributed by atoms with Crippen LogP contribution < -0.4 is 26.2 Å². The van der Waals surface area contributed by atoms with Crippen LogP contribution in [0.5, 0.6) is 5.75 Å². The molecule has 4 aromatic rings. The largest absolute Gasteiger partial charge is 0.479 e. The first-order valence-corrected chi connectivity index (χ1v) is 22.9. The summed E-state index contributed by atoms with van der Waals surface area (Å²) in [7, 11) is 0. The molecule has 2 aromatic heterocycles. The fourth-order valence-corrected chi connectivity index (χ4v) is 9.66. The predicted molar refractivity (Wildman–Crippen MR) is 242 cm³/mol. The van der Waals surface area contributed by atoms with E-state index in [1.807, 2.05) is 0 Å². The molecule has 4 aliphatic heterocycles. The summed E-state index contributed by atoms with van der Waals surface area (Å²) in [5, 5.41) is 60.8. The van der Waals surface area contributed by atoms with Crippen LogP contribution in [-0.4, -0.2) is 125 Å². The van der Waals surface area contributed by atoms with E-state index in [9.17, 15) is 63.9 Å². The van der Waals surface area contributed by atoms with E-state index in [-0.39, 0.29) is 91.3 Å². The van der Waals surface area contributed by atoms with Gasteiger partial charge in [-0.15, -0.1) is 0 Å². The summed E-state index contributed by atoms with van der Waals surface area (Å²) in [6, 6.07) is 6.04. The molecule has 1 aliphatic carbocycles. The summed E-state index contributed by atoms with van der Waals surface area (Å²) in [5.74, 6) is -5.69. The molecule has 7 atom stereocenters. The van der Waals surface area contributed by atoms with Crippen molar-refractivity contribution >= 4 is 58.3 Å². The minimum atomic E-state index is -2.09. The molecule has 0 radical (unpaired) electrons. The van der Waals surface area contributed by atoms with Crippen LogP contribution in [0.3, 0.4) is 0 Å². The number of carbonyl (C=O) groups is 7. The first kappa shape index (κ1) is 49.3. The van der Waals surface area contributed by atoms with Crippen molar-refractivity contribution in [2.75, 3.05) is 18.4 Å². The molecular formula is C48H47FN6O17. The van der Waals surface area contributed by atoms with Gasteiger partial charge < -0.3 is 65.0 Å². The van der Waals surface area contributed by atoms with E-state index < -0.39 is 102 Å². The number of cyclic esters (lactones) is 1. The SMILES string of the molecule is CC[C@@]1(O)C(=O)OCc2c1cc1n(c2=O)Cc2c-1nc1cc(F)c(C)c3c1c2[C@@H](NC(=O)OCc1ccc(O[C@@H]2OC(C(=O)O)[C@@H](O)C(O)[C@@H]2O)c(NC(=O)CCNC(=O)CCN2C(=O)C=CC2=O)c1)CC3. The number of imide groups is 1. The molecule has 5 aliphatic rings. The van der Waals surface area contributed by atoms with Crippen molar-refractivity contribution in [1.29, 1.82) is 0 Å². The Kier molecular flexibility index (Phi) is 13.1. The maximum absolute atomic E-state index is 15.5. The maximum Gasteiger partial charge on any atom is 0.407 e. The van der Waals surface area contributed by atoms with E-state index in [0.29, 0.717) is 39.8 Å². The van der Waals surface area contributed by atoms with Gasteiger partial charge in [-0.1, -0.05) is 13.0 Å².